The zero-order chi connectivity index (χ0) is 13.0. The molecule has 1 N–H and O–H groups in total. The van der Waals surface area contributed by atoms with Gasteiger partial charge in [-0.25, -0.2) is 4.79 Å². The third kappa shape index (κ3) is 3.73. The zero-order valence-electron chi connectivity index (χ0n) is 10.5. The molecule has 18 heavy (non-hydrogen) atoms. The van der Waals surface area contributed by atoms with E-state index < -0.39 is 0 Å². The third-order valence-electron chi connectivity index (χ3n) is 3.36. The van der Waals surface area contributed by atoms with Crippen LogP contribution < -0.4 is 5.32 Å². The Bertz CT molecular complexity index is 422. The number of benzene rings is 1. The van der Waals surface area contributed by atoms with Crippen LogP contribution in [0.15, 0.2) is 28.7 Å². The monoisotopic (exact) mass is 311 g/mol. The summed E-state index contributed by atoms with van der Waals surface area (Å²) in [5.74, 6) is 0.465. The maximum absolute atomic E-state index is 11.8. The average molecular weight is 312 g/mol. The second-order valence-corrected chi connectivity index (χ2v) is 5.76. The van der Waals surface area contributed by atoms with E-state index in [1.165, 1.54) is 6.42 Å². The Hall–Kier alpha value is -1.03. The van der Waals surface area contributed by atoms with Crippen molar-refractivity contribution in [1.82, 2.24) is 0 Å². The Morgan fingerprint density at radius 1 is 1.39 bits per heavy atom. The average Bonchev–Trinajstić information content (AvgIpc) is 2.32. The fraction of sp³-hybridized carbons (Fsp3) is 0.500. The Morgan fingerprint density at radius 2 is 2.17 bits per heavy atom. The standard InChI is InChI=1S/C14H18BrNO2/c1-10-5-2-3-8-13(10)18-14(17)16-12-7-4-6-11(15)9-12/h4,6-7,9-10,13H,2-3,5,8H2,1H3,(H,16,17)/t10-,13+/m0/s1. The van der Waals surface area contributed by atoms with Gasteiger partial charge in [0.2, 0.25) is 0 Å². The van der Waals surface area contributed by atoms with Crippen LogP contribution in [0, 0.1) is 5.92 Å². The highest BCUT2D eigenvalue weighted by Gasteiger charge is 2.24. The van der Waals surface area contributed by atoms with Crippen molar-refractivity contribution >= 4 is 27.7 Å². The number of anilines is 1. The first kappa shape index (κ1) is 13.4. The normalized spacial score (nSPS) is 23.4. The molecule has 1 fully saturated rings. The predicted molar refractivity (Wildman–Crippen MR) is 75.7 cm³/mol. The second-order valence-electron chi connectivity index (χ2n) is 4.84. The SMILES string of the molecule is C[C@H]1CCCC[C@H]1OC(=O)Nc1cccc(Br)c1. The lowest BCUT2D eigenvalue weighted by Gasteiger charge is -2.28. The van der Waals surface area contributed by atoms with Crippen molar-refractivity contribution in [3.8, 4) is 0 Å². The number of ether oxygens (including phenoxy) is 1. The topological polar surface area (TPSA) is 38.3 Å². The van der Waals surface area contributed by atoms with Crippen molar-refractivity contribution in [2.24, 2.45) is 5.92 Å². The molecule has 0 bridgehead atoms. The van der Waals surface area contributed by atoms with Gasteiger partial charge in [-0.1, -0.05) is 35.3 Å². The summed E-state index contributed by atoms with van der Waals surface area (Å²) in [7, 11) is 0. The number of nitrogens with one attached hydrogen (secondary N) is 1. The van der Waals surface area contributed by atoms with Crippen LogP contribution in [0.25, 0.3) is 0 Å². The zero-order valence-corrected chi connectivity index (χ0v) is 12.1. The maximum atomic E-state index is 11.8. The van der Waals surface area contributed by atoms with Gasteiger partial charge in [-0.15, -0.1) is 0 Å². The number of carbonyl (C=O) groups is 1. The van der Waals surface area contributed by atoms with E-state index in [1.807, 2.05) is 24.3 Å². The molecule has 1 aromatic carbocycles. The van der Waals surface area contributed by atoms with Crippen LogP contribution in [-0.4, -0.2) is 12.2 Å². The van der Waals surface area contributed by atoms with E-state index in [2.05, 4.69) is 28.2 Å². The number of carbonyl (C=O) groups excluding carboxylic acids is 1. The number of hydrogen-bond acceptors (Lipinski definition) is 2. The molecule has 98 valence electrons. The van der Waals surface area contributed by atoms with Crippen molar-refractivity contribution in [3.63, 3.8) is 0 Å². The lowest BCUT2D eigenvalue weighted by molar-refractivity contribution is 0.0524. The number of halogens is 1. The molecule has 0 aliphatic heterocycles. The summed E-state index contributed by atoms with van der Waals surface area (Å²) in [5.41, 5.74) is 0.748. The summed E-state index contributed by atoms with van der Waals surface area (Å²) in [4.78, 5) is 11.8. The highest BCUT2D eigenvalue weighted by Crippen LogP contribution is 2.26. The van der Waals surface area contributed by atoms with Crippen molar-refractivity contribution in [2.45, 2.75) is 38.7 Å². The van der Waals surface area contributed by atoms with Gasteiger partial charge in [0, 0.05) is 10.2 Å². The number of hydrogen-bond donors (Lipinski definition) is 1. The van der Waals surface area contributed by atoms with Crippen LogP contribution >= 0.6 is 15.9 Å². The molecule has 0 aromatic heterocycles. The molecule has 0 radical (unpaired) electrons. The smallest absolute Gasteiger partial charge is 0.411 e. The van der Waals surface area contributed by atoms with Gasteiger partial charge in [-0.2, -0.15) is 0 Å². The molecular formula is C14H18BrNO2. The molecule has 0 heterocycles. The van der Waals surface area contributed by atoms with Gasteiger partial charge in [0.05, 0.1) is 0 Å². The van der Waals surface area contributed by atoms with E-state index in [9.17, 15) is 4.79 Å². The molecule has 1 aromatic rings. The highest BCUT2D eigenvalue weighted by molar-refractivity contribution is 9.10. The van der Waals surface area contributed by atoms with Crippen LogP contribution in [0.3, 0.4) is 0 Å². The fourth-order valence-corrected chi connectivity index (χ4v) is 2.71. The van der Waals surface area contributed by atoms with Crippen LogP contribution in [0.2, 0.25) is 0 Å². The molecule has 1 saturated carbocycles. The quantitative estimate of drug-likeness (QED) is 0.868. The van der Waals surface area contributed by atoms with Crippen LogP contribution in [0.1, 0.15) is 32.6 Å². The maximum Gasteiger partial charge on any atom is 0.411 e. The van der Waals surface area contributed by atoms with Crippen molar-refractivity contribution < 1.29 is 9.53 Å². The molecule has 0 saturated heterocycles. The molecule has 0 spiro atoms. The highest BCUT2D eigenvalue weighted by atomic mass is 79.9. The van der Waals surface area contributed by atoms with Crippen LogP contribution in [0.5, 0.6) is 0 Å². The van der Waals surface area contributed by atoms with E-state index in [-0.39, 0.29) is 12.2 Å². The summed E-state index contributed by atoms with van der Waals surface area (Å²) >= 11 is 3.37. The minimum absolute atomic E-state index is 0.0610. The van der Waals surface area contributed by atoms with E-state index in [1.54, 1.807) is 0 Å². The summed E-state index contributed by atoms with van der Waals surface area (Å²) in [6.45, 7) is 2.15. The number of rotatable bonds is 2. The van der Waals surface area contributed by atoms with Crippen LogP contribution in [0.4, 0.5) is 10.5 Å². The molecule has 4 heteroatoms. The van der Waals surface area contributed by atoms with Gasteiger partial charge >= 0.3 is 6.09 Å². The first-order valence-corrected chi connectivity index (χ1v) is 7.17. The van der Waals surface area contributed by atoms with Gasteiger partial charge in [-0.3, -0.25) is 5.32 Å². The molecular weight excluding hydrogens is 294 g/mol. The van der Waals surface area contributed by atoms with E-state index in [0.29, 0.717) is 5.92 Å². The van der Waals surface area contributed by atoms with Crippen molar-refractivity contribution in [1.29, 1.82) is 0 Å². The van der Waals surface area contributed by atoms with Crippen LogP contribution in [-0.2, 0) is 4.74 Å². The minimum atomic E-state index is -0.355. The molecule has 1 aliphatic rings. The fourth-order valence-electron chi connectivity index (χ4n) is 2.31. The minimum Gasteiger partial charge on any atom is -0.446 e. The molecule has 3 nitrogen and oxygen atoms in total. The molecule has 1 aliphatic carbocycles. The summed E-state index contributed by atoms with van der Waals surface area (Å²) in [5, 5.41) is 2.76. The van der Waals surface area contributed by atoms with E-state index in [4.69, 9.17) is 4.74 Å². The van der Waals surface area contributed by atoms with E-state index in [0.717, 1.165) is 29.4 Å². The molecule has 0 unspecified atom stereocenters. The second kappa shape index (κ2) is 6.23. The molecule has 2 atom stereocenters. The lowest BCUT2D eigenvalue weighted by atomic mass is 9.88. The van der Waals surface area contributed by atoms with E-state index >= 15 is 0 Å². The van der Waals surface area contributed by atoms with Gasteiger partial charge in [0.15, 0.2) is 0 Å². The van der Waals surface area contributed by atoms with Gasteiger partial charge in [-0.05, 0) is 43.4 Å². The Morgan fingerprint density at radius 3 is 2.89 bits per heavy atom. The first-order valence-electron chi connectivity index (χ1n) is 6.38. The molecule has 2 rings (SSSR count). The third-order valence-corrected chi connectivity index (χ3v) is 3.86. The first-order chi connectivity index (χ1) is 8.65. The van der Waals surface area contributed by atoms with Crippen molar-refractivity contribution in [2.75, 3.05) is 5.32 Å². The Kier molecular flexibility index (Phi) is 4.64. The Labute approximate surface area is 116 Å². The van der Waals surface area contributed by atoms with Gasteiger partial charge in [0.1, 0.15) is 6.10 Å². The summed E-state index contributed by atoms with van der Waals surface area (Å²) in [6, 6.07) is 7.49. The van der Waals surface area contributed by atoms with Crippen molar-refractivity contribution in [3.05, 3.63) is 28.7 Å². The predicted octanol–water partition coefficient (Wildman–Crippen LogP) is 4.58. The van der Waals surface area contributed by atoms with Gasteiger partial charge in [0.25, 0.3) is 0 Å². The number of amides is 1. The van der Waals surface area contributed by atoms with Gasteiger partial charge < -0.3 is 4.74 Å². The summed E-state index contributed by atoms with van der Waals surface area (Å²) in [6.07, 6.45) is 4.23. The lowest BCUT2D eigenvalue weighted by Crippen LogP contribution is -2.30. The Balaban J connectivity index is 1.88. The summed E-state index contributed by atoms with van der Waals surface area (Å²) < 4.78 is 6.42. The molecule has 1 amide bonds. The largest absolute Gasteiger partial charge is 0.446 e.